The number of nitrogens with zero attached hydrogens (tertiary/aromatic N) is 5. The van der Waals surface area contributed by atoms with E-state index in [9.17, 15) is 4.79 Å². The quantitative estimate of drug-likeness (QED) is 0.256. The Hall–Kier alpha value is -4.51. The van der Waals surface area contributed by atoms with Gasteiger partial charge in [0.15, 0.2) is 11.6 Å². The number of aromatic amines is 2. The van der Waals surface area contributed by atoms with E-state index in [4.69, 9.17) is 4.98 Å². The normalized spacial score (nSPS) is 11.4. The fourth-order valence-corrected chi connectivity index (χ4v) is 5.12. The molecule has 0 saturated carbocycles. The number of thiophene rings is 1. The number of anilines is 1. The highest BCUT2D eigenvalue weighted by atomic mass is 32.1. The lowest BCUT2D eigenvalue weighted by atomic mass is 10.1. The van der Waals surface area contributed by atoms with Crippen molar-refractivity contribution in [2.45, 2.75) is 26.7 Å². The summed E-state index contributed by atoms with van der Waals surface area (Å²) in [6, 6.07) is 5.75. The fourth-order valence-electron chi connectivity index (χ4n) is 4.24. The number of amides is 1. The van der Waals surface area contributed by atoms with E-state index in [1.807, 2.05) is 19.9 Å². The third-order valence-electron chi connectivity index (χ3n) is 5.94. The van der Waals surface area contributed by atoms with E-state index >= 15 is 4.39 Å². The second kappa shape index (κ2) is 9.17. The van der Waals surface area contributed by atoms with Gasteiger partial charge < -0.3 is 10.3 Å². The molecule has 0 aliphatic rings. The van der Waals surface area contributed by atoms with Crippen molar-refractivity contribution in [1.29, 1.82) is 0 Å². The van der Waals surface area contributed by atoms with Crippen molar-refractivity contribution in [2.24, 2.45) is 0 Å². The molecule has 184 valence electrons. The molecule has 0 aromatic carbocycles. The van der Waals surface area contributed by atoms with Crippen LogP contribution in [0.3, 0.4) is 0 Å². The molecule has 9 nitrogen and oxygen atoms in total. The van der Waals surface area contributed by atoms with Crippen LogP contribution in [-0.4, -0.2) is 41.0 Å². The summed E-state index contributed by atoms with van der Waals surface area (Å²) in [6.45, 7) is 3.97. The Bertz CT molecular complexity index is 1790. The molecule has 11 heteroatoms. The van der Waals surface area contributed by atoms with E-state index in [2.05, 4.69) is 41.5 Å². The lowest BCUT2D eigenvalue weighted by molar-refractivity contribution is -0.116. The number of pyridine rings is 3. The summed E-state index contributed by atoms with van der Waals surface area (Å²) in [5, 5.41) is 10.2. The Kier molecular flexibility index (Phi) is 5.68. The summed E-state index contributed by atoms with van der Waals surface area (Å²) < 4.78 is 16.0. The van der Waals surface area contributed by atoms with Crippen molar-refractivity contribution >= 4 is 44.9 Å². The lowest BCUT2D eigenvalue weighted by Gasteiger charge is -2.07. The lowest BCUT2D eigenvalue weighted by Crippen LogP contribution is -2.10. The summed E-state index contributed by atoms with van der Waals surface area (Å²) in [5.74, 6) is -0.273. The maximum atomic E-state index is 16.0. The van der Waals surface area contributed by atoms with Crippen LogP contribution in [0, 0.1) is 12.7 Å². The zero-order valence-corrected chi connectivity index (χ0v) is 20.8. The van der Waals surface area contributed by atoms with Crippen molar-refractivity contribution < 1.29 is 9.18 Å². The first-order valence-corrected chi connectivity index (χ1v) is 12.5. The Balaban J connectivity index is 1.44. The third-order valence-corrected chi connectivity index (χ3v) is 6.98. The number of carbonyl (C=O) groups excluding carboxylic acids is 1. The topological polar surface area (TPSA) is 125 Å². The largest absolute Gasteiger partial charge is 0.335 e. The first kappa shape index (κ1) is 22.9. The molecule has 6 aromatic rings. The van der Waals surface area contributed by atoms with E-state index in [1.54, 1.807) is 29.8 Å². The molecule has 6 heterocycles. The van der Waals surface area contributed by atoms with Crippen LogP contribution in [0.5, 0.6) is 0 Å². The molecule has 0 aliphatic carbocycles. The number of rotatable bonds is 6. The highest BCUT2D eigenvalue weighted by molar-refractivity contribution is 7.15. The van der Waals surface area contributed by atoms with E-state index in [0.29, 0.717) is 34.7 Å². The number of aryl methyl sites for hydroxylation is 1. The zero-order chi connectivity index (χ0) is 25.5. The zero-order valence-electron chi connectivity index (χ0n) is 20.0. The number of H-pyrrole nitrogens is 2. The van der Waals surface area contributed by atoms with Gasteiger partial charge >= 0.3 is 0 Å². The molecule has 0 spiro atoms. The first-order chi connectivity index (χ1) is 18.0. The van der Waals surface area contributed by atoms with Gasteiger partial charge in [0, 0.05) is 39.7 Å². The van der Waals surface area contributed by atoms with E-state index in [0.717, 1.165) is 27.9 Å². The minimum Gasteiger partial charge on any atom is -0.335 e. The summed E-state index contributed by atoms with van der Waals surface area (Å²) in [6.07, 6.45) is 9.14. The van der Waals surface area contributed by atoms with Gasteiger partial charge in [0.25, 0.3) is 0 Å². The van der Waals surface area contributed by atoms with Gasteiger partial charge in [-0.05, 0) is 31.5 Å². The Labute approximate surface area is 214 Å². The van der Waals surface area contributed by atoms with Gasteiger partial charge in [-0.3, -0.25) is 24.8 Å². The molecule has 0 atom stereocenters. The van der Waals surface area contributed by atoms with Gasteiger partial charge in [-0.15, -0.1) is 11.3 Å². The number of halogens is 1. The number of hydrogen-bond acceptors (Lipinski definition) is 7. The molecule has 37 heavy (non-hydrogen) atoms. The average Bonchev–Trinajstić information content (AvgIpc) is 3.62. The number of imidazole rings is 1. The number of fused-ring (bicyclic) bond motifs is 2. The van der Waals surface area contributed by atoms with Crippen LogP contribution in [0.15, 0.2) is 49.2 Å². The number of hydrogen-bond donors (Lipinski definition) is 3. The molecule has 6 rings (SSSR count). The SMILES string of the molecule is CCCC(=O)Nc1cncc(-c2ncc3[nH]nc(-c4nc5c(-c6ccc(C)s6)cncc5[nH]4)c3c2F)c1. The van der Waals surface area contributed by atoms with Crippen LogP contribution in [0.25, 0.3) is 55.2 Å². The van der Waals surface area contributed by atoms with Gasteiger partial charge in [-0.1, -0.05) is 6.92 Å². The monoisotopic (exact) mass is 512 g/mol. The van der Waals surface area contributed by atoms with Crippen LogP contribution >= 0.6 is 11.3 Å². The van der Waals surface area contributed by atoms with Gasteiger partial charge in [-0.25, -0.2) is 9.37 Å². The van der Waals surface area contributed by atoms with E-state index in [-0.39, 0.29) is 17.0 Å². The Morgan fingerprint density at radius 3 is 2.76 bits per heavy atom. The summed E-state index contributed by atoms with van der Waals surface area (Å²) >= 11 is 1.66. The minimum absolute atomic E-state index is 0.0989. The van der Waals surface area contributed by atoms with Gasteiger partial charge in [0.1, 0.15) is 16.9 Å². The molecule has 0 aliphatic heterocycles. The van der Waals surface area contributed by atoms with Crippen LogP contribution in [-0.2, 0) is 4.79 Å². The molecule has 0 radical (unpaired) electrons. The maximum Gasteiger partial charge on any atom is 0.224 e. The first-order valence-electron chi connectivity index (χ1n) is 11.7. The van der Waals surface area contributed by atoms with Crippen LogP contribution in [0.4, 0.5) is 10.1 Å². The predicted molar refractivity (Wildman–Crippen MR) is 142 cm³/mol. The Morgan fingerprint density at radius 1 is 1.08 bits per heavy atom. The number of aromatic nitrogens is 7. The van der Waals surface area contributed by atoms with Gasteiger partial charge in [0.05, 0.1) is 40.7 Å². The summed E-state index contributed by atoms with van der Waals surface area (Å²) in [7, 11) is 0. The molecule has 1 amide bonds. The average molecular weight is 513 g/mol. The molecule has 0 bridgehead atoms. The second-order valence-electron chi connectivity index (χ2n) is 8.62. The van der Waals surface area contributed by atoms with Crippen molar-refractivity contribution in [3.8, 4) is 33.2 Å². The van der Waals surface area contributed by atoms with Crippen molar-refractivity contribution in [3.63, 3.8) is 0 Å². The van der Waals surface area contributed by atoms with Crippen molar-refractivity contribution in [3.05, 3.63) is 59.9 Å². The highest BCUT2D eigenvalue weighted by Gasteiger charge is 2.21. The van der Waals surface area contributed by atoms with E-state index in [1.165, 1.54) is 23.5 Å². The second-order valence-corrected chi connectivity index (χ2v) is 9.91. The molecular formula is C26H21FN8OS. The molecule has 0 saturated heterocycles. The van der Waals surface area contributed by atoms with Crippen LogP contribution in [0.1, 0.15) is 24.6 Å². The number of nitrogens with one attached hydrogen (secondary N) is 3. The number of carbonyl (C=O) groups is 1. The molecule has 6 aromatic heterocycles. The Morgan fingerprint density at radius 2 is 1.95 bits per heavy atom. The van der Waals surface area contributed by atoms with E-state index < -0.39 is 5.82 Å². The van der Waals surface area contributed by atoms with Crippen molar-refractivity contribution in [2.75, 3.05) is 5.32 Å². The fraction of sp³-hybridized carbons (Fsp3) is 0.154. The third kappa shape index (κ3) is 4.12. The highest BCUT2D eigenvalue weighted by Crippen LogP contribution is 2.36. The molecule has 0 unspecified atom stereocenters. The molecule has 3 N–H and O–H groups in total. The van der Waals surface area contributed by atoms with Gasteiger partial charge in [-0.2, -0.15) is 5.10 Å². The smallest absolute Gasteiger partial charge is 0.224 e. The van der Waals surface area contributed by atoms with Crippen LogP contribution < -0.4 is 5.32 Å². The molecule has 0 fully saturated rings. The maximum absolute atomic E-state index is 16.0. The predicted octanol–water partition coefficient (Wildman–Crippen LogP) is 5.87. The van der Waals surface area contributed by atoms with Crippen molar-refractivity contribution in [1.82, 2.24) is 35.1 Å². The van der Waals surface area contributed by atoms with Gasteiger partial charge in [0.2, 0.25) is 5.91 Å². The van der Waals surface area contributed by atoms with Crippen LogP contribution in [0.2, 0.25) is 0 Å². The molecular weight excluding hydrogens is 491 g/mol. The minimum atomic E-state index is -0.562. The summed E-state index contributed by atoms with van der Waals surface area (Å²) in [5.41, 5.74) is 4.14. The summed E-state index contributed by atoms with van der Waals surface area (Å²) in [4.78, 5) is 35.1. The standard InChI is InChI=1S/C26H21FN8OS/c1-3-4-20(36)31-15-7-14(8-28-9-15)23-22(27)21-17(12-30-23)34-35-25(21)26-32-18-11-29-10-16(24(18)33-26)19-6-5-13(2)37-19/h5-12H,3-4H2,1-2H3,(H,31,36)(H,32,33)(H,34,35).